The number of ether oxygens (including phenoxy) is 2. The molecule has 8 nitrogen and oxygen atoms in total. The maximum atomic E-state index is 12.5. The number of carbonyl (C=O) groups excluding carboxylic acids is 1. The lowest BCUT2D eigenvalue weighted by molar-refractivity contribution is 0.102. The largest absolute Gasteiger partial charge is 0.454 e. The molecule has 1 amide bonds. The molecule has 1 aliphatic heterocycles. The number of anilines is 1. The van der Waals surface area contributed by atoms with Crippen LogP contribution in [0.15, 0.2) is 42.7 Å². The molecule has 2 heterocycles. The monoisotopic (exact) mass is 343 g/mol. The smallest absolute Gasteiger partial charge is 0.255 e. The van der Waals surface area contributed by atoms with Gasteiger partial charge in [-0.15, -0.1) is 5.10 Å². The number of nitrogens with zero attached hydrogens (tertiary/aromatic N) is 4. The number of fused-ring (bicyclic) bond motifs is 1. The molecule has 0 aliphatic carbocycles. The van der Waals surface area contributed by atoms with Gasteiger partial charge in [-0.1, -0.05) is 11.6 Å². The number of halogens is 1. The molecule has 0 spiro atoms. The molecule has 0 bridgehead atoms. The molecule has 1 aromatic heterocycles. The van der Waals surface area contributed by atoms with Crippen LogP contribution in [0.4, 0.5) is 5.69 Å². The van der Waals surface area contributed by atoms with Crippen LogP contribution in [0.1, 0.15) is 10.4 Å². The fraction of sp³-hybridized carbons (Fsp3) is 0.0667. The molecule has 24 heavy (non-hydrogen) atoms. The molecule has 120 valence electrons. The van der Waals surface area contributed by atoms with E-state index in [2.05, 4.69) is 20.8 Å². The Morgan fingerprint density at radius 3 is 2.88 bits per heavy atom. The zero-order valence-electron chi connectivity index (χ0n) is 12.1. The van der Waals surface area contributed by atoms with Crippen molar-refractivity contribution in [3.8, 4) is 17.2 Å². The molecule has 1 N–H and O–H groups in total. The Balaban J connectivity index is 1.60. The summed E-state index contributed by atoms with van der Waals surface area (Å²) in [6.07, 6.45) is 1.45. The van der Waals surface area contributed by atoms with E-state index in [1.807, 2.05) is 0 Å². The van der Waals surface area contributed by atoms with Crippen molar-refractivity contribution in [1.82, 2.24) is 20.2 Å². The third kappa shape index (κ3) is 2.63. The molecule has 4 rings (SSSR count). The van der Waals surface area contributed by atoms with Crippen LogP contribution >= 0.6 is 11.6 Å². The lowest BCUT2D eigenvalue weighted by Crippen LogP contribution is -2.12. The highest BCUT2D eigenvalue weighted by Crippen LogP contribution is 2.33. The average Bonchev–Trinajstić information content (AvgIpc) is 3.27. The zero-order valence-corrected chi connectivity index (χ0v) is 12.9. The van der Waals surface area contributed by atoms with Gasteiger partial charge in [0.1, 0.15) is 6.33 Å². The van der Waals surface area contributed by atoms with Crippen molar-refractivity contribution in [1.29, 1.82) is 0 Å². The molecule has 0 saturated heterocycles. The minimum absolute atomic E-state index is 0.153. The molecular weight excluding hydrogens is 334 g/mol. The van der Waals surface area contributed by atoms with E-state index in [1.165, 1.54) is 11.0 Å². The number of nitrogens with one attached hydrogen (secondary N) is 1. The molecule has 0 saturated carbocycles. The highest BCUT2D eigenvalue weighted by Gasteiger charge is 2.17. The van der Waals surface area contributed by atoms with Gasteiger partial charge in [-0.3, -0.25) is 4.79 Å². The fourth-order valence-corrected chi connectivity index (χ4v) is 2.43. The number of hydrogen-bond donors (Lipinski definition) is 1. The van der Waals surface area contributed by atoms with E-state index < -0.39 is 0 Å². The minimum atomic E-state index is -0.316. The summed E-state index contributed by atoms with van der Waals surface area (Å²) in [4.78, 5) is 12.5. The van der Waals surface area contributed by atoms with Crippen LogP contribution < -0.4 is 14.8 Å². The molecule has 9 heteroatoms. The molecular formula is C15H10ClN5O3. The molecule has 1 aliphatic rings. The average molecular weight is 344 g/mol. The Hall–Kier alpha value is -3.13. The van der Waals surface area contributed by atoms with Gasteiger partial charge in [-0.2, -0.15) is 0 Å². The van der Waals surface area contributed by atoms with Gasteiger partial charge in [0.2, 0.25) is 6.79 Å². The Bertz CT molecular complexity index is 913. The fourth-order valence-electron chi connectivity index (χ4n) is 2.26. The number of aromatic nitrogens is 4. The van der Waals surface area contributed by atoms with E-state index in [1.54, 1.807) is 36.4 Å². The number of benzene rings is 2. The standard InChI is InChI=1S/C15H10ClN5O3/c16-11-3-2-10(21-7-17-19-20-21)6-12(11)18-15(22)9-1-4-13-14(5-9)24-8-23-13/h1-7H,8H2,(H,18,22). The van der Waals surface area contributed by atoms with E-state index in [4.69, 9.17) is 21.1 Å². The maximum Gasteiger partial charge on any atom is 0.255 e. The number of rotatable bonds is 3. The first-order valence-corrected chi connectivity index (χ1v) is 7.32. The minimum Gasteiger partial charge on any atom is -0.454 e. The number of carbonyl (C=O) groups is 1. The summed E-state index contributed by atoms with van der Waals surface area (Å²) in [5, 5.41) is 14.1. The normalized spacial score (nSPS) is 12.2. The Morgan fingerprint density at radius 2 is 2.04 bits per heavy atom. The second-order valence-corrected chi connectivity index (χ2v) is 5.35. The van der Waals surface area contributed by atoms with Crippen LogP contribution in [0.3, 0.4) is 0 Å². The van der Waals surface area contributed by atoms with Gasteiger partial charge in [0.25, 0.3) is 5.91 Å². The number of tetrazole rings is 1. The molecule has 2 aromatic carbocycles. The van der Waals surface area contributed by atoms with Crippen LogP contribution in [0.25, 0.3) is 5.69 Å². The summed E-state index contributed by atoms with van der Waals surface area (Å²) >= 11 is 6.16. The Labute approximate surface area is 140 Å². The lowest BCUT2D eigenvalue weighted by atomic mass is 10.2. The summed E-state index contributed by atoms with van der Waals surface area (Å²) < 4.78 is 12.0. The van der Waals surface area contributed by atoms with Crippen molar-refractivity contribution < 1.29 is 14.3 Å². The van der Waals surface area contributed by atoms with E-state index in [0.29, 0.717) is 33.5 Å². The molecule has 0 radical (unpaired) electrons. The van der Waals surface area contributed by atoms with Gasteiger partial charge in [0.15, 0.2) is 11.5 Å². The van der Waals surface area contributed by atoms with E-state index >= 15 is 0 Å². The lowest BCUT2D eigenvalue weighted by Gasteiger charge is -2.09. The molecule has 0 fully saturated rings. The molecule has 0 atom stereocenters. The van der Waals surface area contributed by atoms with Crippen LogP contribution in [-0.4, -0.2) is 32.9 Å². The molecule has 3 aromatic rings. The van der Waals surface area contributed by atoms with Crippen molar-refractivity contribution in [2.75, 3.05) is 12.1 Å². The van der Waals surface area contributed by atoms with Crippen molar-refractivity contribution in [2.45, 2.75) is 0 Å². The van der Waals surface area contributed by atoms with Crippen LogP contribution in [0.5, 0.6) is 11.5 Å². The first-order valence-electron chi connectivity index (χ1n) is 6.94. The van der Waals surface area contributed by atoms with Gasteiger partial charge in [-0.25, -0.2) is 4.68 Å². The topological polar surface area (TPSA) is 91.2 Å². The van der Waals surface area contributed by atoms with Crippen molar-refractivity contribution in [3.63, 3.8) is 0 Å². The second-order valence-electron chi connectivity index (χ2n) is 4.94. The van der Waals surface area contributed by atoms with Crippen molar-refractivity contribution in [2.24, 2.45) is 0 Å². The SMILES string of the molecule is O=C(Nc1cc(-n2cnnn2)ccc1Cl)c1ccc2c(c1)OCO2. The van der Waals surface area contributed by atoms with Crippen LogP contribution in [0.2, 0.25) is 5.02 Å². The summed E-state index contributed by atoms with van der Waals surface area (Å²) in [6, 6.07) is 10.1. The molecule has 0 unspecified atom stereocenters. The number of amides is 1. The summed E-state index contributed by atoms with van der Waals surface area (Å²) in [5.41, 5.74) is 1.56. The summed E-state index contributed by atoms with van der Waals surface area (Å²) in [7, 11) is 0. The number of hydrogen-bond acceptors (Lipinski definition) is 6. The summed E-state index contributed by atoms with van der Waals surface area (Å²) in [6.45, 7) is 0.153. The predicted molar refractivity (Wildman–Crippen MR) is 84.7 cm³/mol. The van der Waals surface area contributed by atoms with Gasteiger partial charge in [-0.05, 0) is 46.8 Å². The Kier molecular flexibility index (Phi) is 3.51. The van der Waals surface area contributed by atoms with Gasteiger partial charge in [0.05, 0.1) is 16.4 Å². The van der Waals surface area contributed by atoms with Gasteiger partial charge >= 0.3 is 0 Å². The first-order chi connectivity index (χ1) is 11.7. The quantitative estimate of drug-likeness (QED) is 0.784. The zero-order chi connectivity index (χ0) is 16.5. The first kappa shape index (κ1) is 14.5. The third-order valence-corrected chi connectivity index (χ3v) is 3.78. The van der Waals surface area contributed by atoms with Crippen LogP contribution in [-0.2, 0) is 0 Å². The van der Waals surface area contributed by atoms with E-state index in [0.717, 1.165) is 0 Å². The summed E-state index contributed by atoms with van der Waals surface area (Å²) in [5.74, 6) is 0.838. The van der Waals surface area contributed by atoms with Gasteiger partial charge < -0.3 is 14.8 Å². The highest BCUT2D eigenvalue weighted by atomic mass is 35.5. The second kappa shape index (κ2) is 5.82. The predicted octanol–water partition coefficient (Wildman–Crippen LogP) is 2.30. The van der Waals surface area contributed by atoms with Crippen molar-refractivity contribution >= 4 is 23.2 Å². The van der Waals surface area contributed by atoms with E-state index in [-0.39, 0.29) is 12.7 Å². The van der Waals surface area contributed by atoms with Crippen LogP contribution in [0, 0.1) is 0 Å². The van der Waals surface area contributed by atoms with E-state index in [9.17, 15) is 4.79 Å². The van der Waals surface area contributed by atoms with Crippen molar-refractivity contribution in [3.05, 3.63) is 53.3 Å². The highest BCUT2D eigenvalue weighted by molar-refractivity contribution is 6.34. The maximum absolute atomic E-state index is 12.5. The third-order valence-electron chi connectivity index (χ3n) is 3.45. The van der Waals surface area contributed by atoms with Gasteiger partial charge in [0, 0.05) is 5.56 Å². The Morgan fingerprint density at radius 1 is 1.17 bits per heavy atom.